The van der Waals surface area contributed by atoms with E-state index < -0.39 is 97.5 Å². The van der Waals surface area contributed by atoms with E-state index in [1.165, 1.54) is 193 Å². The lowest BCUT2D eigenvalue weighted by Gasteiger charge is -2.21. The van der Waals surface area contributed by atoms with Crippen LogP contribution in [0.4, 0.5) is 0 Å². The number of allylic oxidation sites excluding steroid dienone is 4. The second-order valence-electron chi connectivity index (χ2n) is 29.1. The molecule has 0 radical (unpaired) electrons. The molecule has 99 heavy (non-hydrogen) atoms. The van der Waals surface area contributed by atoms with E-state index in [-0.39, 0.29) is 25.7 Å². The van der Waals surface area contributed by atoms with Gasteiger partial charge in [-0.3, -0.25) is 37.3 Å². The van der Waals surface area contributed by atoms with Gasteiger partial charge in [0.1, 0.15) is 19.3 Å². The Labute approximate surface area is 605 Å². The van der Waals surface area contributed by atoms with Crippen LogP contribution in [0.1, 0.15) is 395 Å². The summed E-state index contributed by atoms with van der Waals surface area (Å²) >= 11 is 0. The molecule has 0 rings (SSSR count). The highest BCUT2D eigenvalue weighted by Crippen LogP contribution is 2.45. The lowest BCUT2D eigenvalue weighted by Crippen LogP contribution is -2.30. The van der Waals surface area contributed by atoms with Crippen LogP contribution in [-0.4, -0.2) is 96.7 Å². The summed E-state index contributed by atoms with van der Waals surface area (Å²) in [7, 11) is -9.93. The van der Waals surface area contributed by atoms with Crippen LogP contribution < -0.4 is 0 Å². The van der Waals surface area contributed by atoms with Crippen molar-refractivity contribution in [3.05, 3.63) is 24.3 Å². The smallest absolute Gasteiger partial charge is 0.462 e. The highest BCUT2D eigenvalue weighted by atomic mass is 31.2. The molecule has 0 aromatic carbocycles. The molecule has 0 saturated carbocycles. The van der Waals surface area contributed by atoms with Crippen molar-refractivity contribution in [2.75, 3.05) is 39.6 Å². The van der Waals surface area contributed by atoms with Crippen molar-refractivity contribution in [3.63, 3.8) is 0 Å². The molecule has 0 aliphatic rings. The SMILES string of the molecule is CCCCCC/C=C\C=C/CCCCCCCC(=O)O[C@H](COC(=O)CCCCCCCCCC(C)C)COP(=O)(O)OC[C@H](O)COP(=O)(O)OC[C@@H](COC(=O)CCCCCCCCCCCCCCCC(C)C)OC(=O)CCCCCCCCCCCCCCCCCCCC. The molecule has 0 aromatic rings. The molecular weight excluding hydrogens is 1290 g/mol. The Morgan fingerprint density at radius 3 is 0.828 bits per heavy atom. The van der Waals surface area contributed by atoms with E-state index in [9.17, 15) is 43.2 Å². The van der Waals surface area contributed by atoms with Gasteiger partial charge in [0.25, 0.3) is 0 Å². The van der Waals surface area contributed by atoms with Gasteiger partial charge >= 0.3 is 39.5 Å². The molecule has 0 heterocycles. The van der Waals surface area contributed by atoms with Crippen LogP contribution in [-0.2, 0) is 65.4 Å². The van der Waals surface area contributed by atoms with Crippen LogP contribution in [0.25, 0.3) is 0 Å². The lowest BCUT2D eigenvalue weighted by atomic mass is 10.0. The number of unbranched alkanes of at least 4 members (excludes halogenated alkanes) is 44. The number of phosphoric acid groups is 2. The van der Waals surface area contributed by atoms with Gasteiger partial charge in [-0.25, -0.2) is 9.13 Å². The summed E-state index contributed by atoms with van der Waals surface area (Å²) in [5, 5.41) is 10.6. The average Bonchev–Trinajstić information content (AvgIpc) is 0.956. The Morgan fingerprint density at radius 2 is 0.545 bits per heavy atom. The fourth-order valence-corrected chi connectivity index (χ4v) is 13.4. The third-order valence-electron chi connectivity index (χ3n) is 18.1. The number of rotatable bonds is 77. The highest BCUT2D eigenvalue weighted by molar-refractivity contribution is 7.47. The summed E-state index contributed by atoms with van der Waals surface area (Å²) in [4.78, 5) is 72.9. The molecule has 0 bridgehead atoms. The molecule has 3 N–H and O–H groups in total. The minimum atomic E-state index is -4.97. The number of ether oxygens (including phenoxy) is 4. The summed E-state index contributed by atoms with van der Waals surface area (Å²) in [5.74, 6) is -0.650. The molecule has 0 aromatic heterocycles. The highest BCUT2D eigenvalue weighted by Gasteiger charge is 2.30. The monoisotopic (exact) mass is 1450 g/mol. The third kappa shape index (κ3) is 73.6. The number of carbonyl (C=O) groups excluding carboxylic acids is 4. The lowest BCUT2D eigenvalue weighted by molar-refractivity contribution is -0.161. The van der Waals surface area contributed by atoms with Crippen molar-refractivity contribution in [1.82, 2.24) is 0 Å². The molecule has 5 atom stereocenters. The number of carbonyl (C=O) groups is 4. The maximum atomic E-state index is 13.1. The minimum Gasteiger partial charge on any atom is -0.462 e. The normalized spacial score (nSPS) is 14.1. The zero-order valence-electron chi connectivity index (χ0n) is 64.3. The summed E-state index contributed by atoms with van der Waals surface area (Å²) in [6, 6.07) is 0. The van der Waals surface area contributed by atoms with E-state index in [2.05, 4.69) is 65.8 Å². The Kier molecular flexibility index (Phi) is 69.4. The Bertz CT molecular complexity index is 2000. The van der Waals surface area contributed by atoms with Gasteiger partial charge in [0.05, 0.1) is 26.4 Å². The molecule has 584 valence electrons. The van der Waals surface area contributed by atoms with E-state index in [0.717, 1.165) is 115 Å². The van der Waals surface area contributed by atoms with Crippen LogP contribution in [0.15, 0.2) is 24.3 Å². The quantitative estimate of drug-likeness (QED) is 0.0169. The van der Waals surface area contributed by atoms with Crippen molar-refractivity contribution in [2.45, 2.75) is 413 Å². The van der Waals surface area contributed by atoms with Gasteiger partial charge in [-0.15, -0.1) is 0 Å². The first kappa shape index (κ1) is 96.5. The van der Waals surface area contributed by atoms with Gasteiger partial charge in [-0.05, 0) is 63.2 Å². The first-order chi connectivity index (χ1) is 47.9. The largest absolute Gasteiger partial charge is 0.472 e. The summed E-state index contributed by atoms with van der Waals surface area (Å²) in [5.41, 5.74) is 0. The van der Waals surface area contributed by atoms with E-state index >= 15 is 0 Å². The van der Waals surface area contributed by atoms with E-state index in [1.807, 2.05) is 0 Å². The van der Waals surface area contributed by atoms with Gasteiger partial charge in [0.15, 0.2) is 12.2 Å². The standard InChI is InChI=1S/C80H152O17P2/c1-7-9-11-13-15-17-19-21-23-24-25-27-31-36-40-46-53-59-65-79(84)96-75(68-90-77(82)62-56-50-44-38-34-32-28-29-33-37-42-48-54-60-72(3)4)70-94-98(86,87)92-66-74(81)67-93-99(88,89)95-71-76(69-91-78(83)63-57-51-47-41-43-49-55-61-73(5)6)97-80(85)64-58-52-45-39-35-30-26-22-20-18-16-14-12-10-8-2/h18,20,22,26,72-76,81H,7-17,19,21,23-25,27-71H2,1-6H3,(H,86,87)(H,88,89)/b20-18-,26-22-/t74-,75-,76-/m1/s1. The van der Waals surface area contributed by atoms with Gasteiger partial charge in [0.2, 0.25) is 0 Å². The van der Waals surface area contributed by atoms with Gasteiger partial charge in [-0.1, -0.05) is 342 Å². The Morgan fingerprint density at radius 1 is 0.313 bits per heavy atom. The molecule has 0 fully saturated rings. The summed E-state index contributed by atoms with van der Waals surface area (Å²) in [6.45, 7) is 9.52. The minimum absolute atomic E-state index is 0.0844. The van der Waals surface area contributed by atoms with Crippen LogP contribution in [0.2, 0.25) is 0 Å². The van der Waals surface area contributed by atoms with Crippen molar-refractivity contribution < 1.29 is 80.2 Å². The molecule has 0 saturated heterocycles. The second kappa shape index (κ2) is 71.2. The van der Waals surface area contributed by atoms with Gasteiger partial charge in [-0.2, -0.15) is 0 Å². The Balaban J connectivity index is 5.28. The molecule has 0 amide bonds. The second-order valence-corrected chi connectivity index (χ2v) is 32.0. The molecule has 0 aliphatic heterocycles. The van der Waals surface area contributed by atoms with E-state index in [4.69, 9.17) is 37.0 Å². The zero-order chi connectivity index (χ0) is 72.8. The fraction of sp³-hybridized carbons (Fsp3) is 0.900. The van der Waals surface area contributed by atoms with Crippen molar-refractivity contribution in [2.24, 2.45) is 11.8 Å². The number of hydrogen-bond donors (Lipinski definition) is 3. The predicted molar refractivity (Wildman–Crippen MR) is 404 cm³/mol. The van der Waals surface area contributed by atoms with E-state index in [1.54, 1.807) is 0 Å². The zero-order valence-corrected chi connectivity index (χ0v) is 66.1. The first-order valence-electron chi connectivity index (χ1n) is 40.8. The molecule has 2 unspecified atom stereocenters. The summed E-state index contributed by atoms with van der Waals surface area (Å²) in [6.07, 6.45) is 63.3. The number of aliphatic hydroxyl groups is 1. The maximum absolute atomic E-state index is 13.1. The number of phosphoric ester groups is 2. The van der Waals surface area contributed by atoms with Crippen LogP contribution >= 0.6 is 15.6 Å². The van der Waals surface area contributed by atoms with Crippen LogP contribution in [0.5, 0.6) is 0 Å². The van der Waals surface area contributed by atoms with Gasteiger partial charge < -0.3 is 33.8 Å². The Hall–Kier alpha value is -2.46. The average molecular weight is 1450 g/mol. The van der Waals surface area contributed by atoms with E-state index in [0.29, 0.717) is 31.6 Å². The van der Waals surface area contributed by atoms with Crippen LogP contribution in [0.3, 0.4) is 0 Å². The fourth-order valence-electron chi connectivity index (χ4n) is 11.8. The van der Waals surface area contributed by atoms with Crippen molar-refractivity contribution in [1.29, 1.82) is 0 Å². The topological polar surface area (TPSA) is 237 Å². The molecular formula is C80H152O17P2. The van der Waals surface area contributed by atoms with Crippen molar-refractivity contribution >= 4 is 39.5 Å². The molecule has 17 nitrogen and oxygen atoms in total. The molecule has 0 aliphatic carbocycles. The number of hydrogen-bond acceptors (Lipinski definition) is 15. The number of aliphatic hydroxyl groups excluding tert-OH is 1. The van der Waals surface area contributed by atoms with Crippen LogP contribution in [0, 0.1) is 11.8 Å². The molecule has 19 heteroatoms. The van der Waals surface area contributed by atoms with Crippen molar-refractivity contribution in [3.8, 4) is 0 Å². The summed E-state index contributed by atoms with van der Waals surface area (Å²) < 4.78 is 68.6. The maximum Gasteiger partial charge on any atom is 0.472 e. The number of esters is 4. The van der Waals surface area contributed by atoms with Gasteiger partial charge in [0, 0.05) is 25.7 Å². The predicted octanol–water partition coefficient (Wildman–Crippen LogP) is 23.4. The third-order valence-corrected chi connectivity index (χ3v) is 20.0. The molecule has 0 spiro atoms. The first-order valence-corrected chi connectivity index (χ1v) is 43.8.